The molecule has 0 N–H and O–H groups in total. The van der Waals surface area contributed by atoms with Crippen LogP contribution in [0.5, 0.6) is 5.75 Å². The number of likely N-dealkylation sites (tertiary alicyclic amines) is 1. The second-order valence-corrected chi connectivity index (χ2v) is 10.4. The monoisotopic (exact) mass is 483 g/mol. The van der Waals surface area contributed by atoms with Crippen molar-refractivity contribution in [3.05, 3.63) is 23.0 Å². The van der Waals surface area contributed by atoms with E-state index in [9.17, 15) is 22.8 Å². The number of fused-ring (bicyclic) bond motifs is 1. The van der Waals surface area contributed by atoms with Gasteiger partial charge in [0, 0.05) is 13.1 Å². The highest BCUT2D eigenvalue weighted by Crippen LogP contribution is 2.23. The number of carbonyl (C=O) groups excluding carboxylic acids is 3. The molecule has 2 aromatic rings. The number of hydrogen-bond acceptors (Lipinski definition) is 8. The van der Waals surface area contributed by atoms with Crippen molar-refractivity contribution in [3.63, 3.8) is 0 Å². The summed E-state index contributed by atoms with van der Waals surface area (Å²) in [5, 5.41) is 0. The Labute approximate surface area is 189 Å². The molecule has 1 fully saturated rings. The number of sulfone groups is 1. The Morgan fingerprint density at radius 3 is 2.47 bits per heavy atom. The van der Waals surface area contributed by atoms with E-state index in [0.29, 0.717) is 29.1 Å². The molecule has 10 nitrogen and oxygen atoms in total. The van der Waals surface area contributed by atoms with Crippen molar-refractivity contribution in [2.45, 2.75) is 25.8 Å². The number of thiazole rings is 1. The molecule has 0 atom stereocenters. The van der Waals surface area contributed by atoms with Gasteiger partial charge in [-0.2, -0.15) is 4.99 Å². The fourth-order valence-electron chi connectivity index (χ4n) is 3.41. The molecule has 0 spiro atoms. The first-order valence-corrected chi connectivity index (χ1v) is 12.7. The number of methoxy groups -OCH3 is 2. The smallest absolute Gasteiger partial charge is 0.325 e. The first-order chi connectivity index (χ1) is 15.2. The van der Waals surface area contributed by atoms with Crippen LogP contribution in [-0.4, -0.2) is 74.5 Å². The quantitative estimate of drug-likeness (QED) is 0.532. The zero-order chi connectivity index (χ0) is 23.3. The largest absolute Gasteiger partial charge is 0.497 e. The highest BCUT2D eigenvalue weighted by molar-refractivity contribution is 7.92. The van der Waals surface area contributed by atoms with Gasteiger partial charge in [-0.25, -0.2) is 8.42 Å². The van der Waals surface area contributed by atoms with Crippen LogP contribution in [0.25, 0.3) is 10.2 Å². The molecule has 1 aromatic carbocycles. The summed E-state index contributed by atoms with van der Waals surface area (Å²) in [5.41, 5.74) is 0.621. The van der Waals surface area contributed by atoms with Crippen molar-refractivity contribution in [1.29, 1.82) is 0 Å². The Kier molecular flexibility index (Phi) is 7.67. The molecule has 32 heavy (non-hydrogen) atoms. The van der Waals surface area contributed by atoms with Gasteiger partial charge in [-0.05, 0) is 37.5 Å². The predicted octanol–water partition coefficient (Wildman–Crippen LogP) is 0.739. The molecular weight excluding hydrogens is 458 g/mol. The minimum atomic E-state index is -3.98. The number of hydrogen-bond donors (Lipinski definition) is 0. The van der Waals surface area contributed by atoms with Crippen molar-refractivity contribution in [3.8, 4) is 5.75 Å². The molecule has 174 valence electrons. The van der Waals surface area contributed by atoms with Crippen LogP contribution in [0.3, 0.4) is 0 Å². The van der Waals surface area contributed by atoms with Gasteiger partial charge in [-0.3, -0.25) is 14.4 Å². The second kappa shape index (κ2) is 10.3. The van der Waals surface area contributed by atoms with E-state index in [1.807, 2.05) is 0 Å². The zero-order valence-electron chi connectivity index (χ0n) is 17.9. The number of carbonyl (C=O) groups is 3. The number of ether oxygens (including phenoxy) is 2. The van der Waals surface area contributed by atoms with Crippen LogP contribution in [0.1, 0.15) is 19.3 Å². The van der Waals surface area contributed by atoms with E-state index in [4.69, 9.17) is 9.47 Å². The molecule has 1 aliphatic heterocycles. The topological polar surface area (TPSA) is 124 Å². The number of amides is 2. The Hall–Kier alpha value is -2.73. The van der Waals surface area contributed by atoms with E-state index < -0.39 is 39.1 Å². The Morgan fingerprint density at radius 2 is 1.81 bits per heavy atom. The van der Waals surface area contributed by atoms with Crippen molar-refractivity contribution < 1.29 is 32.3 Å². The minimum Gasteiger partial charge on any atom is -0.497 e. The Bertz CT molecular complexity index is 1190. The number of nitrogens with zero attached hydrogens (tertiary/aromatic N) is 3. The number of esters is 1. The second-order valence-electron chi connectivity index (χ2n) is 7.36. The SMILES string of the molecule is COC(=O)Cn1c(=NC(=O)CS(=O)(=O)CC(=O)N2CCCCC2)sc2cc(OC)ccc21. The third-order valence-electron chi connectivity index (χ3n) is 5.02. The van der Waals surface area contributed by atoms with Crippen molar-refractivity contribution in [2.75, 3.05) is 38.8 Å². The lowest BCUT2D eigenvalue weighted by Crippen LogP contribution is -2.40. The molecule has 3 rings (SSSR count). The standard InChI is InChI=1S/C20H25N3O7S2/c1-29-14-6-7-15-16(10-14)31-20(23(15)11-19(26)30-2)21-17(24)12-32(27,28)13-18(25)22-8-4-3-5-9-22/h6-7,10H,3-5,8-9,11-13H2,1-2H3. The van der Waals surface area contributed by atoms with Gasteiger partial charge in [0.05, 0.1) is 24.4 Å². The molecule has 0 saturated carbocycles. The minimum absolute atomic E-state index is 0.154. The van der Waals surface area contributed by atoms with Crippen LogP contribution < -0.4 is 9.54 Å². The first kappa shape index (κ1) is 23.9. The summed E-state index contributed by atoms with van der Waals surface area (Å²) in [6.07, 6.45) is 2.70. The van der Waals surface area contributed by atoms with E-state index in [1.165, 1.54) is 23.7 Å². The van der Waals surface area contributed by atoms with Crippen molar-refractivity contribution >= 4 is 49.2 Å². The van der Waals surface area contributed by atoms with Gasteiger partial charge in [-0.1, -0.05) is 11.3 Å². The lowest BCUT2D eigenvalue weighted by molar-refractivity contribution is -0.141. The maximum atomic E-state index is 12.5. The maximum Gasteiger partial charge on any atom is 0.325 e. The summed E-state index contributed by atoms with van der Waals surface area (Å²) in [7, 11) is -1.22. The third-order valence-corrected chi connectivity index (χ3v) is 7.44. The van der Waals surface area contributed by atoms with Crippen LogP contribution in [0.4, 0.5) is 0 Å². The fourth-order valence-corrected chi connectivity index (χ4v) is 5.59. The predicted molar refractivity (Wildman–Crippen MR) is 118 cm³/mol. The fraction of sp³-hybridized carbons (Fsp3) is 0.500. The third kappa shape index (κ3) is 5.94. The molecule has 0 radical (unpaired) electrons. The molecule has 0 aliphatic carbocycles. The van der Waals surface area contributed by atoms with Crippen molar-refractivity contribution in [2.24, 2.45) is 4.99 Å². The molecule has 0 bridgehead atoms. The normalized spacial score (nSPS) is 15.1. The first-order valence-electron chi connectivity index (χ1n) is 10.0. The van der Waals surface area contributed by atoms with Crippen LogP contribution in [0.15, 0.2) is 23.2 Å². The number of rotatable bonds is 7. The molecular formula is C20H25N3O7S2. The average Bonchev–Trinajstić information content (AvgIpc) is 3.08. The summed E-state index contributed by atoms with van der Waals surface area (Å²) < 4.78 is 36.9. The molecule has 12 heteroatoms. The zero-order valence-corrected chi connectivity index (χ0v) is 19.5. The van der Waals surface area contributed by atoms with Crippen LogP contribution in [0.2, 0.25) is 0 Å². The number of aromatic nitrogens is 1. The van der Waals surface area contributed by atoms with Gasteiger partial charge in [0.2, 0.25) is 5.91 Å². The molecule has 1 aliphatic rings. The van der Waals surface area contributed by atoms with Gasteiger partial charge in [0.25, 0.3) is 5.91 Å². The lowest BCUT2D eigenvalue weighted by atomic mass is 10.1. The molecule has 0 unspecified atom stereocenters. The molecule has 1 aromatic heterocycles. The van der Waals surface area contributed by atoms with E-state index in [1.54, 1.807) is 18.2 Å². The molecule has 1 saturated heterocycles. The average molecular weight is 484 g/mol. The van der Waals surface area contributed by atoms with Gasteiger partial charge in [-0.15, -0.1) is 0 Å². The number of benzene rings is 1. The van der Waals surface area contributed by atoms with Gasteiger partial charge in [0.1, 0.15) is 23.8 Å². The highest BCUT2D eigenvalue weighted by Gasteiger charge is 2.25. The van der Waals surface area contributed by atoms with Gasteiger partial charge in [0.15, 0.2) is 14.6 Å². The lowest BCUT2D eigenvalue weighted by Gasteiger charge is -2.26. The molecule has 2 amide bonds. The summed E-state index contributed by atoms with van der Waals surface area (Å²) in [6, 6.07) is 5.14. The van der Waals surface area contributed by atoms with Gasteiger partial charge >= 0.3 is 5.97 Å². The summed E-state index contributed by atoms with van der Waals surface area (Å²) in [4.78, 5) is 42.2. The van der Waals surface area contributed by atoms with E-state index in [2.05, 4.69) is 4.99 Å². The Morgan fingerprint density at radius 1 is 1.09 bits per heavy atom. The highest BCUT2D eigenvalue weighted by atomic mass is 32.2. The van der Waals surface area contributed by atoms with Crippen LogP contribution >= 0.6 is 11.3 Å². The summed E-state index contributed by atoms with van der Waals surface area (Å²) in [6.45, 7) is 0.867. The number of piperidine rings is 1. The Balaban J connectivity index is 1.84. The van der Waals surface area contributed by atoms with E-state index in [-0.39, 0.29) is 11.3 Å². The van der Waals surface area contributed by atoms with E-state index in [0.717, 1.165) is 30.6 Å². The summed E-state index contributed by atoms with van der Waals surface area (Å²) in [5.74, 6) is -2.97. The molecule has 2 heterocycles. The maximum absolute atomic E-state index is 12.5. The van der Waals surface area contributed by atoms with Crippen molar-refractivity contribution in [1.82, 2.24) is 9.47 Å². The van der Waals surface area contributed by atoms with Crippen LogP contribution in [0, 0.1) is 0 Å². The van der Waals surface area contributed by atoms with E-state index >= 15 is 0 Å². The van der Waals surface area contributed by atoms with Crippen LogP contribution in [-0.2, 0) is 35.5 Å². The van der Waals surface area contributed by atoms with Gasteiger partial charge < -0.3 is 18.9 Å². The summed E-state index contributed by atoms with van der Waals surface area (Å²) >= 11 is 1.11.